The Kier molecular flexibility index (Phi) is 3.13. The van der Waals surface area contributed by atoms with E-state index < -0.39 is 5.97 Å². The average Bonchev–Trinajstić information content (AvgIpc) is 2.76. The van der Waals surface area contributed by atoms with Crippen LogP contribution in [0.4, 0.5) is 0 Å². The van der Waals surface area contributed by atoms with Gasteiger partial charge in [-0.1, -0.05) is 11.3 Å². The van der Waals surface area contributed by atoms with Gasteiger partial charge in [-0.2, -0.15) is 0 Å². The topological polar surface area (TPSA) is 69.9 Å². The minimum Gasteiger partial charge on any atom is -0.464 e. The Bertz CT molecular complexity index is 536. The van der Waals surface area contributed by atoms with Gasteiger partial charge in [0.05, 0.1) is 19.9 Å². The zero-order valence-corrected chi connectivity index (χ0v) is 9.62. The number of carbonyl (C=O) groups is 1. The summed E-state index contributed by atoms with van der Waals surface area (Å²) in [6, 6.07) is 2.01. The smallest absolute Gasteiger partial charge is 0.360 e. The lowest BCUT2D eigenvalue weighted by Gasteiger charge is -2.00. The first kappa shape index (κ1) is 11.3. The van der Waals surface area contributed by atoms with Gasteiger partial charge >= 0.3 is 5.97 Å². The minimum absolute atomic E-state index is 0.202. The van der Waals surface area contributed by atoms with Crippen LogP contribution in [0.25, 0.3) is 0 Å². The Morgan fingerprint density at radius 3 is 3.00 bits per heavy atom. The van der Waals surface area contributed by atoms with Gasteiger partial charge in [0.15, 0.2) is 5.69 Å². The molecule has 0 bridgehead atoms. The zero-order valence-electron chi connectivity index (χ0n) is 9.62. The molecule has 0 spiro atoms. The van der Waals surface area contributed by atoms with E-state index in [-0.39, 0.29) is 5.69 Å². The Hall–Kier alpha value is -2.24. The molecule has 6 nitrogen and oxygen atoms in total. The molecule has 0 N–H and O–H groups in total. The van der Waals surface area contributed by atoms with Crippen LogP contribution in [-0.4, -0.2) is 33.1 Å². The number of aromatic nitrogens is 4. The van der Waals surface area contributed by atoms with Gasteiger partial charge in [-0.05, 0) is 18.1 Å². The molecule has 0 aliphatic carbocycles. The van der Waals surface area contributed by atoms with Crippen LogP contribution in [-0.2, 0) is 11.3 Å². The highest BCUT2D eigenvalue weighted by Gasteiger charge is 2.10. The van der Waals surface area contributed by atoms with E-state index in [0.717, 1.165) is 11.1 Å². The Morgan fingerprint density at radius 2 is 2.29 bits per heavy atom. The van der Waals surface area contributed by atoms with Crippen LogP contribution in [0.5, 0.6) is 0 Å². The molecule has 6 heteroatoms. The molecule has 0 aromatic carbocycles. The fraction of sp³-hybridized carbons (Fsp3) is 0.273. The second kappa shape index (κ2) is 4.73. The lowest BCUT2D eigenvalue weighted by molar-refractivity contribution is 0.0594. The molecular weight excluding hydrogens is 220 g/mol. The van der Waals surface area contributed by atoms with Gasteiger partial charge in [0.1, 0.15) is 0 Å². The monoisotopic (exact) mass is 232 g/mol. The van der Waals surface area contributed by atoms with Crippen LogP contribution in [0.15, 0.2) is 24.7 Å². The number of esters is 1. The summed E-state index contributed by atoms with van der Waals surface area (Å²) in [5.41, 5.74) is 2.29. The maximum absolute atomic E-state index is 11.2. The fourth-order valence-electron chi connectivity index (χ4n) is 1.46. The highest BCUT2D eigenvalue weighted by molar-refractivity contribution is 5.86. The summed E-state index contributed by atoms with van der Waals surface area (Å²) in [5.74, 6) is -0.487. The Labute approximate surface area is 98.2 Å². The molecule has 0 saturated carbocycles. The van der Waals surface area contributed by atoms with Crippen molar-refractivity contribution in [2.75, 3.05) is 7.11 Å². The van der Waals surface area contributed by atoms with E-state index in [2.05, 4.69) is 20.0 Å². The normalized spacial score (nSPS) is 10.2. The van der Waals surface area contributed by atoms with Crippen molar-refractivity contribution in [2.45, 2.75) is 13.5 Å². The summed E-state index contributed by atoms with van der Waals surface area (Å²) >= 11 is 0. The van der Waals surface area contributed by atoms with Crippen molar-refractivity contribution in [1.82, 2.24) is 20.0 Å². The maximum atomic E-state index is 11.2. The van der Waals surface area contributed by atoms with Crippen LogP contribution in [0.3, 0.4) is 0 Å². The molecule has 2 heterocycles. The quantitative estimate of drug-likeness (QED) is 0.732. The van der Waals surface area contributed by atoms with Gasteiger partial charge in [0.2, 0.25) is 0 Å². The molecule has 17 heavy (non-hydrogen) atoms. The van der Waals surface area contributed by atoms with E-state index in [1.54, 1.807) is 23.3 Å². The van der Waals surface area contributed by atoms with Gasteiger partial charge in [-0.25, -0.2) is 9.48 Å². The highest BCUT2D eigenvalue weighted by atomic mass is 16.5. The van der Waals surface area contributed by atoms with E-state index in [1.165, 1.54) is 7.11 Å². The van der Waals surface area contributed by atoms with Crippen molar-refractivity contribution in [3.63, 3.8) is 0 Å². The molecular formula is C11H12N4O2. The Balaban J connectivity index is 2.14. The summed E-state index contributed by atoms with van der Waals surface area (Å²) in [7, 11) is 1.31. The molecule has 0 radical (unpaired) electrons. The fourth-order valence-corrected chi connectivity index (χ4v) is 1.46. The van der Waals surface area contributed by atoms with Crippen molar-refractivity contribution >= 4 is 5.97 Å². The molecule has 2 aromatic heterocycles. The third kappa shape index (κ3) is 2.66. The summed E-state index contributed by atoms with van der Waals surface area (Å²) in [6.45, 7) is 2.50. The number of methoxy groups -OCH3 is 1. The maximum Gasteiger partial charge on any atom is 0.360 e. The van der Waals surface area contributed by atoms with Gasteiger partial charge in [0.25, 0.3) is 0 Å². The van der Waals surface area contributed by atoms with Crippen LogP contribution in [0.1, 0.15) is 21.6 Å². The standard InChI is InChI=1S/C11H12N4O2/c1-8-3-9(5-12-4-8)6-15-7-10(13-14-15)11(16)17-2/h3-5,7H,6H2,1-2H3. The SMILES string of the molecule is COC(=O)c1cn(Cc2cncc(C)c2)nn1. The number of carbonyl (C=O) groups excluding carboxylic acids is 1. The van der Waals surface area contributed by atoms with Crippen molar-refractivity contribution in [2.24, 2.45) is 0 Å². The number of hydrogen-bond donors (Lipinski definition) is 0. The van der Waals surface area contributed by atoms with Crippen LogP contribution < -0.4 is 0 Å². The molecule has 88 valence electrons. The number of ether oxygens (including phenoxy) is 1. The van der Waals surface area contributed by atoms with Crippen LogP contribution >= 0.6 is 0 Å². The first-order valence-corrected chi connectivity index (χ1v) is 5.08. The molecule has 0 atom stereocenters. The Morgan fingerprint density at radius 1 is 1.47 bits per heavy atom. The summed E-state index contributed by atoms with van der Waals surface area (Å²) < 4.78 is 6.12. The third-order valence-electron chi connectivity index (χ3n) is 2.21. The third-order valence-corrected chi connectivity index (χ3v) is 2.21. The molecule has 0 fully saturated rings. The van der Waals surface area contributed by atoms with E-state index >= 15 is 0 Å². The van der Waals surface area contributed by atoms with E-state index in [4.69, 9.17) is 0 Å². The lowest BCUT2D eigenvalue weighted by atomic mass is 10.2. The summed E-state index contributed by atoms with van der Waals surface area (Å²) in [4.78, 5) is 15.3. The van der Waals surface area contributed by atoms with Gasteiger partial charge in [-0.15, -0.1) is 5.10 Å². The molecule has 0 unspecified atom stereocenters. The van der Waals surface area contributed by atoms with E-state index in [1.807, 2.05) is 13.0 Å². The van der Waals surface area contributed by atoms with Gasteiger partial charge in [0, 0.05) is 12.4 Å². The summed E-state index contributed by atoms with van der Waals surface area (Å²) in [5, 5.41) is 7.57. The molecule has 0 aliphatic rings. The molecule has 0 aliphatic heterocycles. The number of rotatable bonds is 3. The number of hydrogen-bond acceptors (Lipinski definition) is 5. The first-order chi connectivity index (χ1) is 8.19. The number of aryl methyl sites for hydroxylation is 1. The van der Waals surface area contributed by atoms with E-state index in [9.17, 15) is 4.79 Å². The van der Waals surface area contributed by atoms with Crippen LogP contribution in [0, 0.1) is 6.92 Å². The molecule has 0 amide bonds. The molecule has 2 aromatic rings. The number of nitrogens with zero attached hydrogens (tertiary/aromatic N) is 4. The first-order valence-electron chi connectivity index (χ1n) is 5.08. The van der Waals surface area contributed by atoms with Crippen LogP contribution in [0.2, 0.25) is 0 Å². The second-order valence-electron chi connectivity index (χ2n) is 3.66. The van der Waals surface area contributed by atoms with Crippen molar-refractivity contribution in [3.05, 3.63) is 41.5 Å². The lowest BCUT2D eigenvalue weighted by Crippen LogP contribution is -2.02. The minimum atomic E-state index is -0.487. The predicted molar refractivity (Wildman–Crippen MR) is 59.4 cm³/mol. The molecule has 2 rings (SSSR count). The van der Waals surface area contributed by atoms with Gasteiger partial charge < -0.3 is 4.74 Å². The zero-order chi connectivity index (χ0) is 12.3. The number of pyridine rings is 1. The molecule has 0 saturated heterocycles. The van der Waals surface area contributed by atoms with E-state index in [0.29, 0.717) is 6.54 Å². The summed E-state index contributed by atoms with van der Waals surface area (Å²) in [6.07, 6.45) is 5.09. The van der Waals surface area contributed by atoms with Gasteiger partial charge in [-0.3, -0.25) is 4.98 Å². The largest absolute Gasteiger partial charge is 0.464 e. The average molecular weight is 232 g/mol. The van der Waals surface area contributed by atoms with Crippen molar-refractivity contribution < 1.29 is 9.53 Å². The highest BCUT2D eigenvalue weighted by Crippen LogP contribution is 2.04. The van der Waals surface area contributed by atoms with Crippen molar-refractivity contribution in [1.29, 1.82) is 0 Å². The van der Waals surface area contributed by atoms with Crippen molar-refractivity contribution in [3.8, 4) is 0 Å². The second-order valence-corrected chi connectivity index (χ2v) is 3.66. The predicted octanol–water partition coefficient (Wildman–Crippen LogP) is 0.816.